The highest BCUT2D eigenvalue weighted by atomic mass is 19.3. The lowest BCUT2D eigenvalue weighted by atomic mass is 9.80. The van der Waals surface area contributed by atoms with Crippen molar-refractivity contribution in [1.82, 2.24) is 25.8 Å². The summed E-state index contributed by atoms with van der Waals surface area (Å²) in [4.78, 5) is 43.7. The Kier molecular flexibility index (Phi) is 12.8. The minimum atomic E-state index is -2.67. The molecule has 1 aromatic carbocycles. The van der Waals surface area contributed by atoms with E-state index in [1.807, 2.05) is 23.1 Å². The van der Waals surface area contributed by atoms with Crippen molar-refractivity contribution in [3.05, 3.63) is 29.8 Å². The summed E-state index contributed by atoms with van der Waals surface area (Å²) in [6.45, 7) is 4.45. The van der Waals surface area contributed by atoms with Gasteiger partial charge in [-0.1, -0.05) is 12.1 Å². The van der Waals surface area contributed by atoms with E-state index in [9.17, 15) is 23.2 Å². The van der Waals surface area contributed by atoms with Crippen molar-refractivity contribution in [2.75, 3.05) is 66.3 Å². The maximum Gasteiger partial charge on any atom is 0.248 e. The maximum absolute atomic E-state index is 14.0. The molecule has 4 fully saturated rings. The van der Waals surface area contributed by atoms with Gasteiger partial charge < -0.3 is 30.2 Å². The molecule has 0 aromatic heterocycles. The van der Waals surface area contributed by atoms with E-state index in [0.29, 0.717) is 65.0 Å². The number of rotatable bonds is 4. The summed E-state index contributed by atoms with van der Waals surface area (Å²) >= 11 is 0. The van der Waals surface area contributed by atoms with Crippen molar-refractivity contribution in [1.29, 1.82) is 0 Å². The lowest BCUT2D eigenvalue weighted by molar-refractivity contribution is -0.128. The van der Waals surface area contributed by atoms with E-state index >= 15 is 0 Å². The molecule has 4 atom stereocenters. The van der Waals surface area contributed by atoms with Gasteiger partial charge in [-0.3, -0.25) is 24.2 Å². The van der Waals surface area contributed by atoms with E-state index in [-0.39, 0.29) is 67.7 Å². The van der Waals surface area contributed by atoms with E-state index in [2.05, 4.69) is 26.9 Å². The first-order valence-corrected chi connectivity index (χ1v) is 17.2. The van der Waals surface area contributed by atoms with E-state index in [0.717, 1.165) is 37.4 Å². The molecule has 4 aliphatic rings. The second kappa shape index (κ2) is 17.0. The Balaban J connectivity index is 1.26. The van der Waals surface area contributed by atoms with Gasteiger partial charge in [0.2, 0.25) is 23.6 Å². The summed E-state index contributed by atoms with van der Waals surface area (Å²) in [7, 11) is 1.66. The van der Waals surface area contributed by atoms with Crippen LogP contribution in [0.3, 0.4) is 0 Å². The van der Waals surface area contributed by atoms with E-state index < -0.39 is 12.0 Å². The molecule has 47 heavy (non-hydrogen) atoms. The molecule has 1 aliphatic carbocycles. The topological polar surface area (TPSA) is 121 Å². The van der Waals surface area contributed by atoms with Gasteiger partial charge in [0.25, 0.3) is 0 Å². The molecule has 0 unspecified atom stereocenters. The third-order valence-electron chi connectivity index (χ3n) is 10.1. The van der Waals surface area contributed by atoms with Gasteiger partial charge in [-0.2, -0.15) is 0 Å². The molecule has 5 rings (SSSR count). The lowest BCUT2D eigenvalue weighted by Crippen LogP contribution is -2.50. The van der Waals surface area contributed by atoms with E-state index in [4.69, 9.17) is 14.2 Å². The Labute approximate surface area is 276 Å². The number of fused-ring (bicyclic) bond motifs is 3. The summed E-state index contributed by atoms with van der Waals surface area (Å²) in [5.41, 5.74) is 1.16. The molecule has 3 amide bonds. The number of methoxy groups -OCH3 is 1. The van der Waals surface area contributed by atoms with Gasteiger partial charge in [-0.15, -0.1) is 0 Å². The molecule has 11 nitrogen and oxygen atoms in total. The Morgan fingerprint density at radius 1 is 0.936 bits per heavy atom. The number of alkyl halides is 2. The largest absolute Gasteiger partial charge is 0.497 e. The number of carbonyl (C=O) groups is 3. The van der Waals surface area contributed by atoms with Crippen LogP contribution in [0, 0.1) is 11.8 Å². The van der Waals surface area contributed by atoms with Crippen LogP contribution < -0.4 is 20.7 Å². The SMILES string of the molecule is COc1cccc(CN2CC[C@H]3CC(=O)NCCOCCOCC(=O)N[C@@H]4C[C@H](C(=O)NCC[C@H]3C2)N(C2CCC(F)(F)CC2)C4)c1. The molecule has 1 saturated carbocycles. The predicted molar refractivity (Wildman–Crippen MR) is 171 cm³/mol. The van der Waals surface area contributed by atoms with Gasteiger partial charge in [-0.25, -0.2) is 8.78 Å². The molecule has 3 heterocycles. The first kappa shape index (κ1) is 35.4. The van der Waals surface area contributed by atoms with Gasteiger partial charge in [0, 0.05) is 64.1 Å². The van der Waals surface area contributed by atoms with Crippen LogP contribution in [0.15, 0.2) is 24.3 Å². The van der Waals surface area contributed by atoms with Gasteiger partial charge in [0.1, 0.15) is 12.4 Å². The van der Waals surface area contributed by atoms with Gasteiger partial charge in [-0.05, 0) is 68.2 Å². The van der Waals surface area contributed by atoms with Crippen LogP contribution in [0.25, 0.3) is 0 Å². The van der Waals surface area contributed by atoms with Crippen LogP contribution >= 0.6 is 0 Å². The highest BCUT2D eigenvalue weighted by molar-refractivity contribution is 5.83. The van der Waals surface area contributed by atoms with Crippen LogP contribution in [-0.2, 0) is 30.4 Å². The normalized spacial score (nSPS) is 29.9. The average Bonchev–Trinajstić information content (AvgIpc) is 3.46. The van der Waals surface area contributed by atoms with Crippen molar-refractivity contribution in [2.24, 2.45) is 11.8 Å². The summed E-state index contributed by atoms with van der Waals surface area (Å²) < 4.78 is 44.4. The average molecular weight is 664 g/mol. The molecule has 0 radical (unpaired) electrons. The lowest BCUT2D eigenvalue weighted by Gasteiger charge is -2.39. The summed E-state index contributed by atoms with van der Waals surface area (Å²) in [6, 6.07) is 7.11. The van der Waals surface area contributed by atoms with Gasteiger partial charge >= 0.3 is 0 Å². The predicted octanol–water partition coefficient (Wildman–Crippen LogP) is 2.33. The van der Waals surface area contributed by atoms with Crippen LogP contribution in [0.2, 0.25) is 0 Å². The van der Waals surface area contributed by atoms with Crippen LogP contribution in [0.5, 0.6) is 5.75 Å². The number of hydrogen-bond donors (Lipinski definition) is 3. The number of likely N-dealkylation sites (tertiary alicyclic amines) is 2. The monoisotopic (exact) mass is 663 g/mol. The summed E-state index contributed by atoms with van der Waals surface area (Å²) in [5.74, 6) is -1.94. The number of nitrogens with one attached hydrogen (secondary N) is 3. The minimum absolute atomic E-state index is 0.0154. The third-order valence-corrected chi connectivity index (χ3v) is 10.1. The maximum atomic E-state index is 14.0. The summed E-state index contributed by atoms with van der Waals surface area (Å²) in [5, 5.41) is 9.09. The highest BCUT2D eigenvalue weighted by Gasteiger charge is 2.44. The molecule has 2 bridgehead atoms. The van der Waals surface area contributed by atoms with Crippen LogP contribution in [-0.4, -0.2) is 118 Å². The fourth-order valence-corrected chi connectivity index (χ4v) is 7.63. The standard InChI is InChI=1S/C34H51F2N5O6/c1-45-29-4-2-3-24(17-29)20-40-13-8-25-18-31(42)37-12-14-46-15-16-47-23-32(43)39-27-19-30(33(44)38-11-7-26(25)21-40)41(22-27)28-5-9-34(35,36)10-6-28/h2-4,17,25-28,30H,5-16,18-23H2,1H3,(H,37,42)(H,38,44)(H,39,43)/t25-,26-,27+,30+/m0/s1. The first-order valence-electron chi connectivity index (χ1n) is 17.2. The molecule has 0 spiro atoms. The fourth-order valence-electron chi connectivity index (χ4n) is 7.63. The third kappa shape index (κ3) is 10.6. The zero-order chi connectivity index (χ0) is 33.2. The Hall–Kier alpha value is -2.87. The smallest absolute Gasteiger partial charge is 0.248 e. The number of piperidine rings is 1. The zero-order valence-corrected chi connectivity index (χ0v) is 27.5. The van der Waals surface area contributed by atoms with E-state index in [1.165, 1.54) is 0 Å². The number of amides is 3. The highest BCUT2D eigenvalue weighted by Crippen LogP contribution is 2.37. The number of ether oxygens (including phenoxy) is 3. The first-order chi connectivity index (χ1) is 22.7. The molecule has 262 valence electrons. The molecular formula is C34H51F2N5O6. The van der Waals surface area contributed by atoms with Gasteiger partial charge in [0.05, 0.1) is 33.0 Å². The number of nitrogens with zero attached hydrogens (tertiary/aromatic N) is 2. The van der Waals surface area contributed by atoms with Crippen molar-refractivity contribution >= 4 is 17.7 Å². The van der Waals surface area contributed by atoms with Crippen LogP contribution in [0.4, 0.5) is 8.78 Å². The van der Waals surface area contributed by atoms with Crippen molar-refractivity contribution in [3.8, 4) is 5.75 Å². The molecular weight excluding hydrogens is 612 g/mol. The minimum Gasteiger partial charge on any atom is -0.497 e. The van der Waals surface area contributed by atoms with Crippen molar-refractivity contribution in [2.45, 2.75) is 82.0 Å². The number of carbonyl (C=O) groups excluding carboxylic acids is 3. The molecule has 1 aromatic rings. The second-order valence-electron chi connectivity index (χ2n) is 13.5. The van der Waals surface area contributed by atoms with Gasteiger partial charge in [0.15, 0.2) is 0 Å². The number of hydrogen-bond acceptors (Lipinski definition) is 8. The second-order valence-corrected chi connectivity index (χ2v) is 13.5. The fraction of sp³-hybridized carbons (Fsp3) is 0.735. The Morgan fingerprint density at radius 3 is 2.55 bits per heavy atom. The number of benzene rings is 1. The quantitative estimate of drug-likeness (QED) is 0.449. The Bertz CT molecular complexity index is 1200. The molecule has 3 aliphatic heterocycles. The zero-order valence-electron chi connectivity index (χ0n) is 27.5. The molecule has 13 heteroatoms. The van der Waals surface area contributed by atoms with E-state index in [1.54, 1.807) is 7.11 Å². The van der Waals surface area contributed by atoms with Crippen LogP contribution in [0.1, 0.15) is 56.9 Å². The Morgan fingerprint density at radius 2 is 1.74 bits per heavy atom. The van der Waals surface area contributed by atoms with Crippen molar-refractivity contribution < 1.29 is 37.4 Å². The molecule has 3 saturated heterocycles. The molecule has 3 N–H and O–H groups in total. The summed E-state index contributed by atoms with van der Waals surface area (Å²) in [6.07, 6.45) is 2.64. The number of halogens is 2. The van der Waals surface area contributed by atoms with Crippen molar-refractivity contribution in [3.63, 3.8) is 0 Å².